The molecule has 4 rings (SSSR count). The molecular formula is C20H24N2O3S2. The first-order chi connectivity index (χ1) is 12.9. The van der Waals surface area contributed by atoms with Crippen LogP contribution in [0.4, 0.5) is 5.13 Å². The predicted octanol–water partition coefficient (Wildman–Crippen LogP) is 4.02. The van der Waals surface area contributed by atoms with Crippen molar-refractivity contribution >= 4 is 32.2 Å². The molecule has 2 aliphatic rings. The van der Waals surface area contributed by atoms with Crippen molar-refractivity contribution in [3.63, 3.8) is 0 Å². The lowest BCUT2D eigenvalue weighted by Gasteiger charge is -2.32. The number of nitrogens with zero attached hydrogens (tertiary/aromatic N) is 1. The number of nitrogens with one attached hydrogen (secondary N) is 1. The molecule has 2 atom stereocenters. The minimum absolute atomic E-state index is 0.0303. The lowest BCUT2D eigenvalue weighted by atomic mass is 9.73. The Morgan fingerprint density at radius 3 is 2.48 bits per heavy atom. The third kappa shape index (κ3) is 3.55. The zero-order valence-corrected chi connectivity index (χ0v) is 17.0. The Labute approximate surface area is 164 Å². The summed E-state index contributed by atoms with van der Waals surface area (Å²) >= 11 is 1.42. The van der Waals surface area contributed by atoms with Gasteiger partial charge in [-0.15, -0.1) is 11.3 Å². The molecule has 1 aromatic heterocycles. The normalized spacial score (nSPS) is 25.9. The fourth-order valence-electron chi connectivity index (χ4n) is 4.72. The Bertz CT molecular complexity index is 917. The van der Waals surface area contributed by atoms with Gasteiger partial charge in [-0.25, -0.2) is 13.4 Å². The van der Waals surface area contributed by atoms with E-state index in [4.69, 9.17) is 0 Å². The second kappa shape index (κ2) is 7.02. The maximum absolute atomic E-state index is 12.9. The van der Waals surface area contributed by atoms with Crippen LogP contribution in [0.25, 0.3) is 0 Å². The van der Waals surface area contributed by atoms with Crippen molar-refractivity contribution in [3.8, 4) is 0 Å². The van der Waals surface area contributed by atoms with Crippen LogP contribution >= 0.6 is 11.3 Å². The number of rotatable bonds is 5. The van der Waals surface area contributed by atoms with Gasteiger partial charge in [-0.1, -0.05) is 31.4 Å². The maximum Gasteiger partial charge on any atom is 0.230 e. The van der Waals surface area contributed by atoms with E-state index in [2.05, 4.69) is 10.3 Å². The highest BCUT2D eigenvalue weighted by Crippen LogP contribution is 2.62. The number of carbonyl (C=O) groups is 1. The summed E-state index contributed by atoms with van der Waals surface area (Å²) in [7, 11) is -3.22. The van der Waals surface area contributed by atoms with Crippen LogP contribution in [-0.2, 0) is 20.0 Å². The van der Waals surface area contributed by atoms with Crippen LogP contribution in [0, 0.1) is 11.8 Å². The topological polar surface area (TPSA) is 76.1 Å². The molecule has 0 aliphatic heterocycles. The highest BCUT2D eigenvalue weighted by atomic mass is 32.2. The fraction of sp³-hybridized carbons (Fsp3) is 0.500. The lowest BCUT2D eigenvalue weighted by molar-refractivity contribution is -0.118. The van der Waals surface area contributed by atoms with E-state index in [0.29, 0.717) is 15.9 Å². The molecule has 2 aliphatic carbocycles. The molecule has 0 bridgehead atoms. The van der Waals surface area contributed by atoms with E-state index in [9.17, 15) is 13.2 Å². The van der Waals surface area contributed by atoms with Crippen molar-refractivity contribution in [1.29, 1.82) is 0 Å². The average molecular weight is 405 g/mol. The molecule has 0 radical (unpaired) electrons. The summed E-state index contributed by atoms with van der Waals surface area (Å²) in [6.45, 7) is 0. The molecule has 27 heavy (non-hydrogen) atoms. The van der Waals surface area contributed by atoms with Gasteiger partial charge in [0.15, 0.2) is 15.0 Å². The summed E-state index contributed by atoms with van der Waals surface area (Å²) in [4.78, 5) is 17.4. The third-order valence-corrected chi connectivity index (χ3v) is 7.95. The van der Waals surface area contributed by atoms with E-state index in [1.807, 2.05) is 17.5 Å². The number of aromatic nitrogens is 1. The number of thiazole rings is 1. The number of hydrogen-bond donors (Lipinski definition) is 1. The molecule has 2 saturated carbocycles. The molecule has 1 N–H and O–H groups in total. The van der Waals surface area contributed by atoms with Crippen LogP contribution in [0.1, 0.15) is 44.1 Å². The quantitative estimate of drug-likeness (QED) is 0.816. The maximum atomic E-state index is 12.9. The van der Waals surface area contributed by atoms with E-state index < -0.39 is 9.84 Å². The van der Waals surface area contributed by atoms with Crippen molar-refractivity contribution in [3.05, 3.63) is 41.4 Å². The molecular weight excluding hydrogens is 380 g/mol. The van der Waals surface area contributed by atoms with Gasteiger partial charge in [0.05, 0.1) is 4.90 Å². The summed E-state index contributed by atoms with van der Waals surface area (Å²) < 4.78 is 23.6. The number of sulfone groups is 1. The summed E-state index contributed by atoms with van der Waals surface area (Å²) in [6, 6.07) is 7.20. The minimum atomic E-state index is -3.22. The molecule has 7 heteroatoms. The summed E-state index contributed by atoms with van der Waals surface area (Å²) in [5.41, 5.74) is 0.929. The van der Waals surface area contributed by atoms with Gasteiger partial charge in [0.25, 0.3) is 0 Å². The number of anilines is 1. The summed E-state index contributed by atoms with van der Waals surface area (Å²) in [5.74, 6) is 0.429. The second-order valence-corrected chi connectivity index (χ2v) is 10.7. The highest BCUT2D eigenvalue weighted by molar-refractivity contribution is 7.90. The Kier molecular flexibility index (Phi) is 4.84. The van der Waals surface area contributed by atoms with Gasteiger partial charge in [-0.3, -0.25) is 4.79 Å². The SMILES string of the molecule is CS(=O)(=O)c1ccc(C2(C3CCCCC3)CC2C(=O)Nc2nccs2)cc1. The monoisotopic (exact) mass is 404 g/mol. The number of carbonyl (C=O) groups excluding carboxylic acids is 1. The van der Waals surface area contributed by atoms with Gasteiger partial charge in [-0.2, -0.15) is 0 Å². The molecule has 2 unspecified atom stereocenters. The van der Waals surface area contributed by atoms with Crippen molar-refractivity contribution in [2.24, 2.45) is 11.8 Å². The summed E-state index contributed by atoms with van der Waals surface area (Å²) in [5, 5.41) is 5.44. The molecule has 1 amide bonds. The molecule has 0 spiro atoms. The second-order valence-electron chi connectivity index (χ2n) is 7.76. The molecule has 5 nitrogen and oxygen atoms in total. The van der Waals surface area contributed by atoms with E-state index in [-0.39, 0.29) is 17.2 Å². The van der Waals surface area contributed by atoms with Crippen LogP contribution in [0.5, 0.6) is 0 Å². The molecule has 2 fully saturated rings. The van der Waals surface area contributed by atoms with Crippen LogP contribution in [0.3, 0.4) is 0 Å². The average Bonchev–Trinajstić information content (AvgIpc) is 3.23. The Morgan fingerprint density at radius 2 is 1.89 bits per heavy atom. The lowest BCUT2D eigenvalue weighted by Crippen LogP contribution is -2.29. The first kappa shape index (κ1) is 18.6. The van der Waals surface area contributed by atoms with E-state index in [0.717, 1.165) is 24.8 Å². The van der Waals surface area contributed by atoms with E-state index >= 15 is 0 Å². The van der Waals surface area contributed by atoms with Crippen LogP contribution in [0.2, 0.25) is 0 Å². The zero-order chi connectivity index (χ0) is 19.1. The fourth-order valence-corrected chi connectivity index (χ4v) is 5.88. The van der Waals surface area contributed by atoms with Crippen LogP contribution < -0.4 is 5.32 Å². The number of amides is 1. The van der Waals surface area contributed by atoms with Gasteiger partial charge in [0.1, 0.15) is 0 Å². The molecule has 1 heterocycles. The van der Waals surface area contributed by atoms with E-state index in [1.54, 1.807) is 18.3 Å². The third-order valence-electron chi connectivity index (χ3n) is 6.14. The van der Waals surface area contributed by atoms with Gasteiger partial charge < -0.3 is 5.32 Å². The summed E-state index contributed by atoms with van der Waals surface area (Å²) in [6.07, 6.45) is 9.67. The van der Waals surface area contributed by atoms with Crippen molar-refractivity contribution in [2.75, 3.05) is 11.6 Å². The Balaban J connectivity index is 1.63. The van der Waals surface area contributed by atoms with Crippen molar-refractivity contribution < 1.29 is 13.2 Å². The Morgan fingerprint density at radius 1 is 1.19 bits per heavy atom. The molecule has 144 valence electrons. The Hall–Kier alpha value is -1.73. The first-order valence-corrected chi connectivity index (χ1v) is 12.2. The van der Waals surface area contributed by atoms with Crippen LogP contribution in [-0.4, -0.2) is 25.6 Å². The van der Waals surface area contributed by atoms with Gasteiger partial charge in [0.2, 0.25) is 5.91 Å². The standard InChI is InChI=1S/C20H24N2O3S2/c1-27(24,25)16-9-7-15(8-10-16)20(14-5-3-2-4-6-14)13-17(20)18(23)22-19-21-11-12-26-19/h7-12,14,17H,2-6,13H2,1H3,(H,21,22,23). The highest BCUT2D eigenvalue weighted by Gasteiger charge is 2.62. The predicted molar refractivity (Wildman–Crippen MR) is 107 cm³/mol. The zero-order valence-electron chi connectivity index (χ0n) is 15.3. The van der Waals surface area contributed by atoms with Crippen molar-refractivity contribution in [2.45, 2.75) is 48.8 Å². The molecule has 1 aromatic carbocycles. The van der Waals surface area contributed by atoms with Gasteiger partial charge in [-0.05, 0) is 42.9 Å². The number of benzene rings is 1. The molecule has 0 saturated heterocycles. The smallest absolute Gasteiger partial charge is 0.230 e. The van der Waals surface area contributed by atoms with E-state index in [1.165, 1.54) is 36.9 Å². The minimum Gasteiger partial charge on any atom is -0.302 e. The van der Waals surface area contributed by atoms with Crippen molar-refractivity contribution in [1.82, 2.24) is 4.98 Å². The first-order valence-electron chi connectivity index (χ1n) is 9.42. The molecule has 2 aromatic rings. The number of hydrogen-bond acceptors (Lipinski definition) is 5. The van der Waals surface area contributed by atoms with Crippen LogP contribution in [0.15, 0.2) is 40.7 Å². The largest absolute Gasteiger partial charge is 0.302 e. The van der Waals surface area contributed by atoms with Gasteiger partial charge >= 0.3 is 0 Å². The van der Waals surface area contributed by atoms with Gasteiger partial charge in [0, 0.05) is 29.2 Å².